The molecule has 0 unspecified atom stereocenters. The topological polar surface area (TPSA) is 95.7 Å². The molecule has 0 saturated heterocycles. The second-order valence-corrected chi connectivity index (χ2v) is 6.85. The number of aromatic nitrogens is 2. The highest BCUT2D eigenvalue weighted by molar-refractivity contribution is 6.08. The van der Waals surface area contributed by atoms with Gasteiger partial charge in [-0.15, -0.1) is 0 Å². The van der Waals surface area contributed by atoms with Crippen LogP contribution in [0.5, 0.6) is 17.2 Å². The summed E-state index contributed by atoms with van der Waals surface area (Å²) in [7, 11) is 4.53. The van der Waals surface area contributed by atoms with Gasteiger partial charge in [0.05, 0.1) is 32.5 Å². The molecule has 0 bridgehead atoms. The summed E-state index contributed by atoms with van der Waals surface area (Å²) < 4.78 is 35.0. The van der Waals surface area contributed by atoms with Crippen molar-refractivity contribution in [2.45, 2.75) is 0 Å². The van der Waals surface area contributed by atoms with E-state index in [1.807, 2.05) is 0 Å². The third-order valence-electron chi connectivity index (χ3n) is 4.83. The Morgan fingerprint density at radius 1 is 0.939 bits per heavy atom. The van der Waals surface area contributed by atoms with Crippen molar-refractivity contribution in [3.63, 3.8) is 0 Å². The third kappa shape index (κ3) is 4.47. The van der Waals surface area contributed by atoms with Crippen LogP contribution in [0.25, 0.3) is 22.8 Å². The fourth-order valence-corrected chi connectivity index (χ4v) is 3.29. The summed E-state index contributed by atoms with van der Waals surface area (Å²) in [5.41, 5.74) is 1.62. The van der Waals surface area contributed by atoms with E-state index >= 15 is 0 Å². The van der Waals surface area contributed by atoms with Gasteiger partial charge in [0.1, 0.15) is 5.82 Å². The van der Waals surface area contributed by atoms with E-state index in [9.17, 15) is 9.18 Å². The van der Waals surface area contributed by atoms with Crippen molar-refractivity contribution in [2.75, 3.05) is 26.6 Å². The molecule has 0 saturated carbocycles. The molecule has 4 aromatic rings. The predicted octanol–water partition coefficient (Wildman–Crippen LogP) is 4.82. The number of methoxy groups -OCH3 is 3. The number of ether oxygens (including phenoxy) is 3. The molecule has 0 fully saturated rings. The minimum Gasteiger partial charge on any atom is -0.493 e. The summed E-state index contributed by atoms with van der Waals surface area (Å²) in [5.74, 6) is 0.832. The fraction of sp³-hybridized carbons (Fsp3) is 0.125. The molecular weight excluding hydrogens is 429 g/mol. The minimum atomic E-state index is -0.451. The highest BCUT2D eigenvalue weighted by Gasteiger charge is 2.21. The minimum absolute atomic E-state index is 0.142. The van der Waals surface area contributed by atoms with Gasteiger partial charge in [-0.1, -0.05) is 23.4 Å². The predicted molar refractivity (Wildman–Crippen MR) is 119 cm³/mol. The van der Waals surface area contributed by atoms with Crippen LogP contribution in [-0.4, -0.2) is 37.4 Å². The zero-order chi connectivity index (χ0) is 23.4. The van der Waals surface area contributed by atoms with Crippen molar-refractivity contribution < 1.29 is 27.9 Å². The summed E-state index contributed by atoms with van der Waals surface area (Å²) >= 11 is 0. The second-order valence-electron chi connectivity index (χ2n) is 6.85. The Labute approximate surface area is 188 Å². The third-order valence-corrected chi connectivity index (χ3v) is 4.83. The molecule has 1 heterocycles. The van der Waals surface area contributed by atoms with E-state index in [1.54, 1.807) is 42.5 Å². The van der Waals surface area contributed by atoms with Gasteiger partial charge in [0, 0.05) is 11.3 Å². The number of rotatable bonds is 7. The maximum Gasteiger partial charge on any atom is 0.259 e. The number of amides is 1. The second kappa shape index (κ2) is 9.39. The Hall–Kier alpha value is -4.40. The van der Waals surface area contributed by atoms with Gasteiger partial charge in [-0.3, -0.25) is 4.79 Å². The van der Waals surface area contributed by atoms with Gasteiger partial charge in [0.25, 0.3) is 11.8 Å². The molecule has 0 atom stereocenters. The Bertz CT molecular complexity index is 1280. The molecule has 0 aliphatic heterocycles. The molecule has 0 aliphatic carbocycles. The first-order chi connectivity index (χ1) is 16.0. The lowest BCUT2D eigenvalue weighted by Gasteiger charge is -2.12. The van der Waals surface area contributed by atoms with Gasteiger partial charge in [-0.25, -0.2) is 4.39 Å². The maximum absolute atomic E-state index is 13.5. The number of carbonyl (C=O) groups is 1. The maximum atomic E-state index is 13.5. The summed E-state index contributed by atoms with van der Waals surface area (Å²) in [6.45, 7) is 0. The van der Waals surface area contributed by atoms with E-state index in [4.69, 9.17) is 18.7 Å². The first-order valence-electron chi connectivity index (χ1n) is 9.84. The Balaban J connectivity index is 1.68. The lowest BCUT2D eigenvalue weighted by molar-refractivity contribution is 0.102. The lowest BCUT2D eigenvalue weighted by Crippen LogP contribution is -2.13. The number of nitrogens with one attached hydrogen (secondary N) is 1. The molecular formula is C24H20FN3O5. The average molecular weight is 449 g/mol. The molecule has 9 heteroatoms. The first kappa shape index (κ1) is 21.8. The molecule has 8 nitrogen and oxygen atoms in total. The van der Waals surface area contributed by atoms with E-state index < -0.39 is 11.7 Å². The Kier molecular flexibility index (Phi) is 6.21. The molecule has 3 aromatic carbocycles. The summed E-state index contributed by atoms with van der Waals surface area (Å²) in [5, 5.41) is 6.72. The van der Waals surface area contributed by atoms with E-state index in [-0.39, 0.29) is 11.7 Å². The van der Waals surface area contributed by atoms with Crippen molar-refractivity contribution in [2.24, 2.45) is 0 Å². The number of halogens is 1. The molecule has 1 N–H and O–H groups in total. The lowest BCUT2D eigenvalue weighted by atomic mass is 10.1. The van der Waals surface area contributed by atoms with E-state index in [1.165, 1.54) is 39.5 Å². The highest BCUT2D eigenvalue weighted by atomic mass is 19.1. The smallest absolute Gasteiger partial charge is 0.259 e. The highest BCUT2D eigenvalue weighted by Crippen LogP contribution is 2.41. The van der Waals surface area contributed by atoms with Gasteiger partial charge in [0.2, 0.25) is 11.6 Å². The van der Waals surface area contributed by atoms with Crippen LogP contribution in [0.3, 0.4) is 0 Å². The van der Waals surface area contributed by atoms with Crippen LogP contribution in [-0.2, 0) is 0 Å². The molecule has 33 heavy (non-hydrogen) atoms. The van der Waals surface area contributed by atoms with Gasteiger partial charge in [0.15, 0.2) is 11.5 Å². The van der Waals surface area contributed by atoms with Crippen LogP contribution in [0.1, 0.15) is 10.4 Å². The average Bonchev–Trinajstić information content (AvgIpc) is 3.33. The number of hydrogen-bond donors (Lipinski definition) is 1. The Morgan fingerprint density at radius 2 is 1.67 bits per heavy atom. The van der Waals surface area contributed by atoms with Crippen LogP contribution in [0.15, 0.2) is 65.2 Å². The van der Waals surface area contributed by atoms with Crippen LogP contribution in [0.2, 0.25) is 0 Å². The van der Waals surface area contributed by atoms with Crippen molar-refractivity contribution in [1.82, 2.24) is 10.1 Å². The molecule has 168 valence electrons. The van der Waals surface area contributed by atoms with E-state index in [0.717, 1.165) is 0 Å². The zero-order valence-electron chi connectivity index (χ0n) is 18.1. The van der Waals surface area contributed by atoms with Crippen molar-refractivity contribution in [3.05, 3.63) is 72.0 Å². The monoisotopic (exact) mass is 449 g/mol. The fourth-order valence-electron chi connectivity index (χ4n) is 3.29. The van der Waals surface area contributed by atoms with Gasteiger partial charge in [-0.2, -0.15) is 4.98 Å². The van der Waals surface area contributed by atoms with E-state index in [0.29, 0.717) is 39.6 Å². The molecule has 1 amide bonds. The van der Waals surface area contributed by atoms with Gasteiger partial charge >= 0.3 is 0 Å². The number of hydrogen-bond acceptors (Lipinski definition) is 7. The quantitative estimate of drug-likeness (QED) is 0.432. The molecule has 0 radical (unpaired) electrons. The van der Waals surface area contributed by atoms with Crippen LogP contribution in [0, 0.1) is 5.82 Å². The standard InChI is InChI=1S/C24H20FN3O5/c1-30-19-11-14(12-20(31-2)21(19)32-3)22-27-24(33-28-22)18-10-5-4-9-17(18)23(29)26-16-8-6-7-15(25)13-16/h4-13H,1-3H3,(H,26,29). The number of anilines is 1. The first-order valence-corrected chi connectivity index (χ1v) is 9.84. The van der Waals surface area contributed by atoms with Gasteiger partial charge in [-0.05, 0) is 42.5 Å². The van der Waals surface area contributed by atoms with Crippen molar-refractivity contribution in [3.8, 4) is 40.1 Å². The van der Waals surface area contributed by atoms with Crippen molar-refractivity contribution >= 4 is 11.6 Å². The van der Waals surface area contributed by atoms with Crippen LogP contribution < -0.4 is 19.5 Å². The molecule has 0 spiro atoms. The number of nitrogens with zero attached hydrogens (tertiary/aromatic N) is 2. The zero-order valence-corrected chi connectivity index (χ0v) is 18.1. The largest absolute Gasteiger partial charge is 0.493 e. The van der Waals surface area contributed by atoms with Crippen LogP contribution in [0.4, 0.5) is 10.1 Å². The molecule has 0 aliphatic rings. The summed E-state index contributed by atoms with van der Waals surface area (Å²) in [6.07, 6.45) is 0. The van der Waals surface area contributed by atoms with Crippen molar-refractivity contribution in [1.29, 1.82) is 0 Å². The van der Waals surface area contributed by atoms with E-state index in [2.05, 4.69) is 15.5 Å². The van der Waals surface area contributed by atoms with Gasteiger partial charge < -0.3 is 24.1 Å². The molecule has 1 aromatic heterocycles. The van der Waals surface area contributed by atoms with Crippen LogP contribution >= 0.6 is 0 Å². The normalized spacial score (nSPS) is 10.5. The number of benzene rings is 3. The number of carbonyl (C=O) groups excluding carboxylic acids is 1. The molecule has 4 rings (SSSR count). The summed E-state index contributed by atoms with van der Waals surface area (Å²) in [6, 6.07) is 15.8. The Morgan fingerprint density at radius 3 is 2.33 bits per heavy atom. The SMILES string of the molecule is COc1cc(-c2noc(-c3ccccc3C(=O)Nc3cccc(F)c3)n2)cc(OC)c1OC. The summed E-state index contributed by atoms with van der Waals surface area (Å²) in [4.78, 5) is 17.3.